The second-order valence-electron chi connectivity index (χ2n) is 6.13. The van der Waals surface area contributed by atoms with Crippen molar-refractivity contribution in [1.82, 2.24) is 14.5 Å². The van der Waals surface area contributed by atoms with E-state index in [2.05, 4.69) is 4.98 Å². The van der Waals surface area contributed by atoms with Gasteiger partial charge in [0, 0.05) is 37.6 Å². The predicted octanol–water partition coefficient (Wildman–Crippen LogP) is 2.36. The number of carbonyl (C=O) groups is 1. The van der Waals surface area contributed by atoms with Gasteiger partial charge in [-0.05, 0) is 37.0 Å². The number of benzene rings is 1. The number of piperidine rings is 1. The van der Waals surface area contributed by atoms with E-state index in [4.69, 9.17) is 11.6 Å². The van der Waals surface area contributed by atoms with E-state index in [1.54, 1.807) is 23.4 Å². The molecule has 1 aromatic heterocycles. The molecule has 2 N–H and O–H groups in total. The third kappa shape index (κ3) is 3.25. The molecule has 1 fully saturated rings. The summed E-state index contributed by atoms with van der Waals surface area (Å²) in [6, 6.07) is 4.49. The fourth-order valence-electron chi connectivity index (χ4n) is 3.15. The molecule has 0 saturated carbocycles. The second kappa shape index (κ2) is 6.83. The zero-order valence-electron chi connectivity index (χ0n) is 13.4. The molecule has 1 aliphatic rings. The van der Waals surface area contributed by atoms with E-state index in [9.17, 15) is 15.0 Å². The van der Waals surface area contributed by atoms with E-state index >= 15 is 0 Å². The van der Waals surface area contributed by atoms with Crippen molar-refractivity contribution >= 4 is 17.5 Å². The predicted molar refractivity (Wildman–Crippen MR) is 89.9 cm³/mol. The molecule has 0 radical (unpaired) electrons. The number of halogens is 1. The summed E-state index contributed by atoms with van der Waals surface area (Å²) < 4.78 is 1.81. The summed E-state index contributed by atoms with van der Waals surface area (Å²) in [4.78, 5) is 18.4. The molecule has 24 heavy (non-hydrogen) atoms. The number of aryl methyl sites for hydroxylation is 1. The summed E-state index contributed by atoms with van der Waals surface area (Å²) in [7, 11) is 1.85. The molecular weight excluding hydrogens is 330 g/mol. The van der Waals surface area contributed by atoms with Crippen LogP contribution in [0.3, 0.4) is 0 Å². The van der Waals surface area contributed by atoms with Gasteiger partial charge in [0.05, 0.1) is 5.56 Å². The number of aromatic nitrogens is 2. The first-order valence-electron chi connectivity index (χ1n) is 7.90. The average Bonchev–Trinajstić information content (AvgIpc) is 3.00. The van der Waals surface area contributed by atoms with Crippen LogP contribution in [-0.2, 0) is 7.05 Å². The van der Waals surface area contributed by atoms with Crippen molar-refractivity contribution in [2.45, 2.75) is 18.9 Å². The Balaban J connectivity index is 1.64. The van der Waals surface area contributed by atoms with Crippen LogP contribution in [0.25, 0.3) is 0 Å². The summed E-state index contributed by atoms with van der Waals surface area (Å²) in [6.45, 7) is 1.07. The first kappa shape index (κ1) is 16.8. The number of aromatic hydroxyl groups is 1. The van der Waals surface area contributed by atoms with E-state index in [0.717, 1.165) is 0 Å². The Morgan fingerprint density at radius 2 is 2.08 bits per heavy atom. The van der Waals surface area contributed by atoms with Crippen LogP contribution >= 0.6 is 11.6 Å². The lowest BCUT2D eigenvalue weighted by Gasteiger charge is -2.34. The third-order valence-electron chi connectivity index (χ3n) is 4.59. The number of hydrogen-bond acceptors (Lipinski definition) is 4. The Kier molecular flexibility index (Phi) is 4.78. The van der Waals surface area contributed by atoms with Crippen LogP contribution in [0.1, 0.15) is 35.1 Å². The van der Waals surface area contributed by atoms with Crippen molar-refractivity contribution in [3.63, 3.8) is 0 Å². The number of nitrogens with zero attached hydrogens (tertiary/aromatic N) is 3. The van der Waals surface area contributed by atoms with Gasteiger partial charge in [-0.2, -0.15) is 0 Å². The highest BCUT2D eigenvalue weighted by Gasteiger charge is 2.31. The molecule has 1 amide bonds. The van der Waals surface area contributed by atoms with E-state index in [0.29, 0.717) is 36.8 Å². The monoisotopic (exact) mass is 349 g/mol. The lowest BCUT2D eigenvalue weighted by Crippen LogP contribution is -2.40. The highest BCUT2D eigenvalue weighted by Crippen LogP contribution is 2.31. The number of aliphatic hydroxyl groups is 1. The van der Waals surface area contributed by atoms with Crippen LogP contribution in [0.5, 0.6) is 5.75 Å². The maximum atomic E-state index is 12.5. The number of aliphatic hydroxyl groups excluding tert-OH is 1. The first-order chi connectivity index (χ1) is 11.5. The van der Waals surface area contributed by atoms with Crippen molar-refractivity contribution in [2.75, 3.05) is 13.1 Å². The SMILES string of the molecule is Cn1ccnc1[C@H](O)C1CCN(C(=O)c2ccc(Cl)cc2O)CC1. The van der Waals surface area contributed by atoms with Crippen molar-refractivity contribution in [2.24, 2.45) is 13.0 Å². The van der Waals surface area contributed by atoms with Crippen molar-refractivity contribution in [3.8, 4) is 5.75 Å². The molecule has 6 nitrogen and oxygen atoms in total. The minimum atomic E-state index is -0.633. The van der Waals surface area contributed by atoms with Gasteiger partial charge in [0.2, 0.25) is 0 Å². The third-order valence-corrected chi connectivity index (χ3v) is 4.82. The molecule has 1 atom stereocenters. The van der Waals surface area contributed by atoms with E-state index in [1.165, 1.54) is 12.1 Å². The molecule has 0 spiro atoms. The Morgan fingerprint density at radius 1 is 1.38 bits per heavy atom. The smallest absolute Gasteiger partial charge is 0.257 e. The Morgan fingerprint density at radius 3 is 2.67 bits per heavy atom. The molecule has 7 heteroatoms. The lowest BCUT2D eigenvalue weighted by atomic mass is 9.90. The van der Waals surface area contributed by atoms with Gasteiger partial charge in [0.1, 0.15) is 17.7 Å². The van der Waals surface area contributed by atoms with E-state index in [1.807, 2.05) is 11.6 Å². The molecule has 1 aliphatic heterocycles. The molecule has 2 heterocycles. The summed E-state index contributed by atoms with van der Waals surface area (Å²) in [5.74, 6) is 0.390. The van der Waals surface area contributed by atoms with Gasteiger partial charge < -0.3 is 19.7 Å². The number of phenolic OH excluding ortho intramolecular Hbond substituents is 1. The van der Waals surface area contributed by atoms with Crippen LogP contribution in [0, 0.1) is 5.92 Å². The van der Waals surface area contributed by atoms with Gasteiger partial charge in [-0.3, -0.25) is 4.79 Å². The topological polar surface area (TPSA) is 78.6 Å². The van der Waals surface area contributed by atoms with Gasteiger partial charge in [0.25, 0.3) is 5.91 Å². The van der Waals surface area contributed by atoms with Crippen LogP contribution in [0.2, 0.25) is 5.02 Å². The minimum Gasteiger partial charge on any atom is -0.507 e. The minimum absolute atomic E-state index is 0.0639. The second-order valence-corrected chi connectivity index (χ2v) is 6.57. The summed E-state index contributed by atoms with van der Waals surface area (Å²) >= 11 is 5.80. The number of amides is 1. The quantitative estimate of drug-likeness (QED) is 0.891. The molecule has 0 bridgehead atoms. The van der Waals surface area contributed by atoms with Crippen LogP contribution in [0.4, 0.5) is 0 Å². The van der Waals surface area contributed by atoms with Crippen LogP contribution in [0.15, 0.2) is 30.6 Å². The zero-order chi connectivity index (χ0) is 17.3. The number of imidazole rings is 1. The molecule has 128 valence electrons. The van der Waals surface area contributed by atoms with Gasteiger partial charge in [-0.1, -0.05) is 11.6 Å². The molecule has 0 unspecified atom stereocenters. The number of carbonyl (C=O) groups excluding carboxylic acids is 1. The van der Waals surface area contributed by atoms with E-state index < -0.39 is 6.10 Å². The zero-order valence-corrected chi connectivity index (χ0v) is 14.1. The van der Waals surface area contributed by atoms with E-state index in [-0.39, 0.29) is 23.1 Å². The van der Waals surface area contributed by atoms with Crippen molar-refractivity contribution < 1.29 is 15.0 Å². The summed E-state index contributed by atoms with van der Waals surface area (Å²) in [6.07, 6.45) is 4.22. The fourth-order valence-corrected chi connectivity index (χ4v) is 3.31. The fraction of sp³-hybridized carbons (Fsp3) is 0.412. The number of hydrogen-bond donors (Lipinski definition) is 2. The number of likely N-dealkylation sites (tertiary alicyclic amines) is 1. The lowest BCUT2D eigenvalue weighted by molar-refractivity contribution is 0.0418. The number of rotatable bonds is 3. The maximum absolute atomic E-state index is 12.5. The summed E-state index contributed by atoms with van der Waals surface area (Å²) in [5.41, 5.74) is 0.252. The van der Waals surface area contributed by atoms with Gasteiger partial charge in [0.15, 0.2) is 0 Å². The normalized spacial score (nSPS) is 17.0. The maximum Gasteiger partial charge on any atom is 0.257 e. The number of phenols is 1. The largest absolute Gasteiger partial charge is 0.507 e. The molecule has 0 aliphatic carbocycles. The first-order valence-corrected chi connectivity index (χ1v) is 8.28. The van der Waals surface area contributed by atoms with Crippen LogP contribution in [-0.4, -0.2) is 43.7 Å². The van der Waals surface area contributed by atoms with Gasteiger partial charge in [-0.25, -0.2) is 4.98 Å². The molecule has 3 rings (SSSR count). The Labute approximate surface area is 145 Å². The molecular formula is C17H20ClN3O3. The standard InChI is InChI=1S/C17H20ClN3O3/c1-20-9-6-19-16(20)15(23)11-4-7-21(8-5-11)17(24)13-3-2-12(18)10-14(13)22/h2-3,6,9-11,15,22-23H,4-5,7-8H2,1H3/t15-/m1/s1. The average molecular weight is 350 g/mol. The van der Waals surface area contributed by atoms with Crippen molar-refractivity contribution in [3.05, 3.63) is 47.0 Å². The van der Waals surface area contributed by atoms with Crippen LogP contribution < -0.4 is 0 Å². The highest BCUT2D eigenvalue weighted by molar-refractivity contribution is 6.30. The molecule has 1 aromatic carbocycles. The highest BCUT2D eigenvalue weighted by atomic mass is 35.5. The van der Waals surface area contributed by atoms with Crippen molar-refractivity contribution in [1.29, 1.82) is 0 Å². The Bertz CT molecular complexity index is 738. The Hall–Kier alpha value is -2.05. The van der Waals surface area contributed by atoms with Gasteiger partial charge in [-0.15, -0.1) is 0 Å². The molecule has 1 saturated heterocycles. The van der Waals surface area contributed by atoms with Gasteiger partial charge >= 0.3 is 0 Å². The molecule has 2 aromatic rings. The summed E-state index contributed by atoms with van der Waals surface area (Å²) in [5, 5.41) is 20.8.